The summed E-state index contributed by atoms with van der Waals surface area (Å²) in [7, 11) is 0. The second-order valence-corrected chi connectivity index (χ2v) is 12.1. The SMILES string of the molecule is Cc1ccc(OCC(=O)Nc2ccc(-c3cc(-c4ccc(NC(=O)COc5ccc(C)c(C)c5)cc4)nc(-c4ccccc4)n3)cc2)cc1C. The number of carbonyl (C=O) groups excluding carboxylic acids is 2. The molecule has 1 heterocycles. The van der Waals surface area contributed by atoms with Gasteiger partial charge in [0.15, 0.2) is 19.0 Å². The fourth-order valence-corrected chi connectivity index (χ4v) is 5.21. The third-order valence-electron chi connectivity index (χ3n) is 8.38. The van der Waals surface area contributed by atoms with Gasteiger partial charge in [0.2, 0.25) is 0 Å². The first kappa shape index (κ1) is 33.6. The molecule has 1 aromatic heterocycles. The molecule has 8 heteroatoms. The molecule has 6 rings (SSSR count). The van der Waals surface area contributed by atoms with Crippen LogP contribution in [0.3, 0.4) is 0 Å². The quantitative estimate of drug-likeness (QED) is 0.144. The number of anilines is 2. The molecule has 6 aromatic rings. The molecule has 2 N–H and O–H groups in total. The molecule has 0 spiro atoms. The Balaban J connectivity index is 1.15. The molecule has 0 bridgehead atoms. The van der Waals surface area contributed by atoms with Crippen molar-refractivity contribution in [3.05, 3.63) is 144 Å². The number of carbonyl (C=O) groups is 2. The molecule has 2 amide bonds. The zero-order valence-electron chi connectivity index (χ0n) is 28.5. The largest absolute Gasteiger partial charge is 0.484 e. The van der Waals surface area contributed by atoms with Crippen LogP contribution in [-0.4, -0.2) is 35.0 Å². The zero-order valence-corrected chi connectivity index (χ0v) is 28.5. The molecule has 0 unspecified atom stereocenters. The maximum Gasteiger partial charge on any atom is 0.262 e. The lowest BCUT2D eigenvalue weighted by atomic mass is 10.1. The van der Waals surface area contributed by atoms with Crippen LogP contribution in [0.1, 0.15) is 22.3 Å². The van der Waals surface area contributed by atoms with Crippen molar-refractivity contribution in [3.8, 4) is 45.4 Å². The Morgan fingerprint density at radius 1 is 0.500 bits per heavy atom. The summed E-state index contributed by atoms with van der Waals surface area (Å²) in [6, 6.07) is 38.3. The maximum atomic E-state index is 12.6. The number of hydrogen-bond donors (Lipinski definition) is 2. The second-order valence-electron chi connectivity index (χ2n) is 12.1. The number of nitrogens with zero attached hydrogens (tertiary/aromatic N) is 2. The van der Waals surface area contributed by atoms with E-state index in [2.05, 4.69) is 10.6 Å². The molecule has 50 heavy (non-hydrogen) atoms. The first-order valence-electron chi connectivity index (χ1n) is 16.4. The minimum atomic E-state index is -0.250. The number of aromatic nitrogens is 2. The highest BCUT2D eigenvalue weighted by Crippen LogP contribution is 2.29. The normalized spacial score (nSPS) is 10.7. The summed E-state index contributed by atoms with van der Waals surface area (Å²) in [5.74, 6) is 1.40. The lowest BCUT2D eigenvalue weighted by Gasteiger charge is -2.12. The third-order valence-corrected chi connectivity index (χ3v) is 8.38. The topological polar surface area (TPSA) is 102 Å². The van der Waals surface area contributed by atoms with Crippen molar-refractivity contribution in [2.24, 2.45) is 0 Å². The van der Waals surface area contributed by atoms with E-state index in [0.29, 0.717) is 28.7 Å². The highest BCUT2D eigenvalue weighted by Gasteiger charge is 2.12. The number of benzene rings is 5. The van der Waals surface area contributed by atoms with E-state index < -0.39 is 0 Å². The van der Waals surface area contributed by atoms with Crippen molar-refractivity contribution in [1.82, 2.24) is 9.97 Å². The molecule has 0 aliphatic rings. The summed E-state index contributed by atoms with van der Waals surface area (Å²) in [5, 5.41) is 5.79. The second kappa shape index (κ2) is 15.3. The molecule has 8 nitrogen and oxygen atoms in total. The fourth-order valence-electron chi connectivity index (χ4n) is 5.21. The van der Waals surface area contributed by atoms with E-state index in [1.807, 2.05) is 149 Å². The number of nitrogens with one attached hydrogen (secondary N) is 2. The van der Waals surface area contributed by atoms with Crippen molar-refractivity contribution in [2.75, 3.05) is 23.8 Å². The van der Waals surface area contributed by atoms with Gasteiger partial charge in [-0.25, -0.2) is 9.97 Å². The molecule has 5 aromatic carbocycles. The van der Waals surface area contributed by atoms with Crippen molar-refractivity contribution in [1.29, 1.82) is 0 Å². The van der Waals surface area contributed by atoms with Gasteiger partial charge < -0.3 is 20.1 Å². The Bertz CT molecular complexity index is 2000. The summed E-state index contributed by atoms with van der Waals surface area (Å²) in [6.07, 6.45) is 0. The third kappa shape index (κ3) is 8.59. The standard InChI is InChI=1S/C42H38N4O4/c1-27-10-20-36(22-29(27)3)49-25-40(47)43-34-16-12-31(13-17-34)38-24-39(46-42(45-38)33-8-6-5-7-9-33)32-14-18-35(19-15-32)44-41(48)26-50-37-21-11-28(2)30(4)23-37/h5-24H,25-26H2,1-4H3,(H,43,47)(H,44,48). The van der Waals surface area contributed by atoms with Gasteiger partial charge in [-0.3, -0.25) is 9.59 Å². The van der Waals surface area contributed by atoms with Crippen LogP contribution in [-0.2, 0) is 9.59 Å². The van der Waals surface area contributed by atoms with Crippen LogP contribution >= 0.6 is 0 Å². The number of amides is 2. The van der Waals surface area contributed by atoms with Crippen LogP contribution in [0.4, 0.5) is 11.4 Å². The summed E-state index contributed by atoms with van der Waals surface area (Å²) < 4.78 is 11.4. The van der Waals surface area contributed by atoms with Crippen molar-refractivity contribution >= 4 is 23.2 Å². The molecular weight excluding hydrogens is 624 g/mol. The first-order chi connectivity index (χ1) is 24.2. The highest BCUT2D eigenvalue weighted by atomic mass is 16.5. The van der Waals surface area contributed by atoms with E-state index in [0.717, 1.165) is 39.2 Å². The zero-order chi connectivity index (χ0) is 35.0. The van der Waals surface area contributed by atoms with Gasteiger partial charge in [0.05, 0.1) is 11.4 Å². The average molecular weight is 663 g/mol. The Morgan fingerprint density at radius 3 is 1.36 bits per heavy atom. The predicted molar refractivity (Wildman–Crippen MR) is 198 cm³/mol. The number of ether oxygens (including phenoxy) is 2. The molecule has 250 valence electrons. The highest BCUT2D eigenvalue weighted by molar-refractivity contribution is 5.93. The van der Waals surface area contributed by atoms with Crippen molar-refractivity contribution < 1.29 is 19.1 Å². The number of hydrogen-bond acceptors (Lipinski definition) is 6. The average Bonchev–Trinajstić information content (AvgIpc) is 3.13. The van der Waals surface area contributed by atoms with Crippen molar-refractivity contribution in [3.63, 3.8) is 0 Å². The summed E-state index contributed by atoms with van der Waals surface area (Å²) in [4.78, 5) is 35.0. The van der Waals surface area contributed by atoms with Crippen LogP contribution in [0.2, 0.25) is 0 Å². The minimum Gasteiger partial charge on any atom is -0.484 e. The lowest BCUT2D eigenvalue weighted by molar-refractivity contribution is -0.118. The van der Waals surface area contributed by atoms with Crippen LogP contribution in [0.25, 0.3) is 33.9 Å². The van der Waals surface area contributed by atoms with Gasteiger partial charge in [-0.15, -0.1) is 0 Å². The Hall–Kier alpha value is -6.28. The molecule has 0 radical (unpaired) electrons. The van der Waals surface area contributed by atoms with Crippen LogP contribution < -0.4 is 20.1 Å². The molecule has 0 saturated heterocycles. The molecule has 0 aliphatic carbocycles. The van der Waals surface area contributed by atoms with Crippen LogP contribution in [0, 0.1) is 27.7 Å². The van der Waals surface area contributed by atoms with E-state index in [1.54, 1.807) is 0 Å². The Morgan fingerprint density at radius 2 is 0.940 bits per heavy atom. The van der Waals surface area contributed by atoms with Gasteiger partial charge in [-0.05, 0) is 105 Å². The molecule has 0 atom stereocenters. The Labute approximate surface area is 292 Å². The summed E-state index contributed by atoms with van der Waals surface area (Å²) in [6.45, 7) is 7.90. The first-order valence-corrected chi connectivity index (χ1v) is 16.4. The van der Waals surface area contributed by atoms with Gasteiger partial charge in [-0.1, -0.05) is 66.7 Å². The van der Waals surface area contributed by atoms with Crippen molar-refractivity contribution in [2.45, 2.75) is 27.7 Å². The minimum absolute atomic E-state index is 0.0939. The fraction of sp³-hybridized carbons (Fsp3) is 0.143. The smallest absolute Gasteiger partial charge is 0.262 e. The maximum absolute atomic E-state index is 12.6. The number of aryl methyl sites for hydroxylation is 4. The van der Waals surface area contributed by atoms with Gasteiger partial charge in [0.25, 0.3) is 11.8 Å². The lowest BCUT2D eigenvalue weighted by Crippen LogP contribution is -2.20. The van der Waals surface area contributed by atoms with E-state index in [9.17, 15) is 9.59 Å². The Kier molecular flexibility index (Phi) is 10.3. The van der Waals surface area contributed by atoms with Gasteiger partial charge in [-0.2, -0.15) is 0 Å². The summed E-state index contributed by atoms with van der Waals surface area (Å²) in [5.41, 5.74) is 9.93. The van der Waals surface area contributed by atoms with E-state index in [-0.39, 0.29) is 25.0 Å². The predicted octanol–water partition coefficient (Wildman–Crippen LogP) is 8.75. The van der Waals surface area contributed by atoms with E-state index in [4.69, 9.17) is 19.4 Å². The van der Waals surface area contributed by atoms with Gasteiger partial charge >= 0.3 is 0 Å². The molecular formula is C42H38N4O4. The van der Waals surface area contributed by atoms with Crippen LogP contribution in [0.15, 0.2) is 121 Å². The number of rotatable bonds is 11. The molecule has 0 fully saturated rings. The van der Waals surface area contributed by atoms with E-state index in [1.165, 1.54) is 11.1 Å². The molecule has 0 aliphatic heterocycles. The van der Waals surface area contributed by atoms with E-state index >= 15 is 0 Å². The molecule has 0 saturated carbocycles. The monoisotopic (exact) mass is 662 g/mol. The summed E-state index contributed by atoms with van der Waals surface area (Å²) >= 11 is 0. The van der Waals surface area contributed by atoms with Crippen LogP contribution in [0.5, 0.6) is 11.5 Å². The van der Waals surface area contributed by atoms with Gasteiger partial charge in [0, 0.05) is 28.1 Å². The van der Waals surface area contributed by atoms with Gasteiger partial charge in [0.1, 0.15) is 11.5 Å².